The van der Waals surface area contributed by atoms with Crippen molar-refractivity contribution < 1.29 is 0 Å². The molecule has 0 bridgehead atoms. The second kappa shape index (κ2) is 5.09. The summed E-state index contributed by atoms with van der Waals surface area (Å²) in [7, 11) is 0. The second-order valence-electron chi connectivity index (χ2n) is 2.99. The predicted octanol–water partition coefficient (Wildman–Crippen LogP) is 3.90. The van der Waals surface area contributed by atoms with Crippen LogP contribution in [0.2, 0.25) is 0 Å². The number of hydrogen-bond donors (Lipinski definition) is 0. The van der Waals surface area contributed by atoms with E-state index in [1.807, 2.05) is 19.1 Å². The lowest BCUT2D eigenvalue weighted by atomic mass is 10.2. The van der Waals surface area contributed by atoms with Gasteiger partial charge >= 0.3 is 0 Å². The van der Waals surface area contributed by atoms with Gasteiger partial charge in [-0.15, -0.1) is 0 Å². The lowest BCUT2D eigenvalue weighted by Crippen LogP contribution is -1.81. The topological polar surface area (TPSA) is 25.8 Å². The average Bonchev–Trinajstić information content (AvgIpc) is 2.63. The standard InChI is InChI=1S/C10H9BrN2S2/c1-7-12-10(15-13-7)14-6-8-4-2-3-5-9(8)11/h2-5H,6H2,1H3. The van der Waals surface area contributed by atoms with Crippen molar-refractivity contribution in [3.63, 3.8) is 0 Å². The van der Waals surface area contributed by atoms with E-state index in [1.54, 1.807) is 11.8 Å². The number of nitrogens with zero attached hydrogens (tertiary/aromatic N) is 2. The van der Waals surface area contributed by atoms with Gasteiger partial charge < -0.3 is 0 Å². The minimum absolute atomic E-state index is 0.856. The highest BCUT2D eigenvalue weighted by atomic mass is 79.9. The van der Waals surface area contributed by atoms with Crippen LogP contribution in [0.15, 0.2) is 33.1 Å². The minimum Gasteiger partial charge on any atom is -0.213 e. The van der Waals surface area contributed by atoms with E-state index in [1.165, 1.54) is 17.1 Å². The molecule has 0 aliphatic heterocycles. The Hall–Kier alpha value is -0.390. The molecule has 0 saturated carbocycles. The van der Waals surface area contributed by atoms with E-state index >= 15 is 0 Å². The van der Waals surface area contributed by atoms with E-state index in [0.717, 1.165) is 20.4 Å². The minimum atomic E-state index is 0.856. The maximum atomic E-state index is 4.31. The Balaban J connectivity index is 2.02. The first-order valence-corrected chi connectivity index (χ1v) is 6.97. The SMILES string of the molecule is Cc1nsc(SCc2ccccc2Br)n1. The fourth-order valence-electron chi connectivity index (χ4n) is 1.09. The molecule has 1 heterocycles. The number of hydrogen-bond acceptors (Lipinski definition) is 4. The number of aryl methyl sites for hydroxylation is 1. The Kier molecular flexibility index (Phi) is 3.77. The molecule has 2 aromatic rings. The molecule has 0 radical (unpaired) electrons. The predicted molar refractivity (Wildman–Crippen MR) is 68.3 cm³/mol. The van der Waals surface area contributed by atoms with Gasteiger partial charge in [-0.05, 0) is 30.1 Å². The summed E-state index contributed by atoms with van der Waals surface area (Å²) in [6.45, 7) is 1.92. The maximum Gasteiger partial charge on any atom is 0.170 e. The number of aromatic nitrogens is 2. The Morgan fingerprint density at radius 1 is 1.40 bits per heavy atom. The Morgan fingerprint density at radius 3 is 2.87 bits per heavy atom. The summed E-state index contributed by atoms with van der Waals surface area (Å²) in [5.41, 5.74) is 1.29. The zero-order chi connectivity index (χ0) is 10.7. The van der Waals surface area contributed by atoms with Gasteiger partial charge in [0.05, 0.1) is 0 Å². The van der Waals surface area contributed by atoms with Gasteiger partial charge in [0, 0.05) is 10.2 Å². The van der Waals surface area contributed by atoms with Crippen LogP contribution in [0.25, 0.3) is 0 Å². The van der Waals surface area contributed by atoms with E-state index in [-0.39, 0.29) is 0 Å². The fourth-order valence-corrected chi connectivity index (χ4v) is 3.35. The van der Waals surface area contributed by atoms with Crippen LogP contribution in [0.3, 0.4) is 0 Å². The molecule has 0 atom stereocenters. The van der Waals surface area contributed by atoms with Crippen molar-refractivity contribution in [2.45, 2.75) is 17.0 Å². The van der Waals surface area contributed by atoms with Crippen molar-refractivity contribution in [2.75, 3.05) is 0 Å². The van der Waals surface area contributed by atoms with Gasteiger partial charge in [0.2, 0.25) is 0 Å². The fraction of sp³-hybridized carbons (Fsp3) is 0.200. The highest BCUT2D eigenvalue weighted by molar-refractivity contribution is 9.10. The Morgan fingerprint density at radius 2 is 2.20 bits per heavy atom. The molecule has 0 unspecified atom stereocenters. The van der Waals surface area contributed by atoms with Gasteiger partial charge in [0.1, 0.15) is 5.82 Å². The molecular formula is C10H9BrN2S2. The largest absolute Gasteiger partial charge is 0.213 e. The van der Waals surface area contributed by atoms with Crippen molar-refractivity contribution in [1.82, 2.24) is 9.36 Å². The van der Waals surface area contributed by atoms with Crippen LogP contribution in [0.4, 0.5) is 0 Å². The van der Waals surface area contributed by atoms with E-state index in [2.05, 4.69) is 37.4 Å². The van der Waals surface area contributed by atoms with Crippen LogP contribution in [-0.4, -0.2) is 9.36 Å². The molecular weight excluding hydrogens is 292 g/mol. The first-order chi connectivity index (χ1) is 7.25. The summed E-state index contributed by atoms with van der Waals surface area (Å²) in [4.78, 5) is 4.31. The zero-order valence-corrected chi connectivity index (χ0v) is 11.3. The third-order valence-corrected chi connectivity index (χ3v) is 4.57. The van der Waals surface area contributed by atoms with E-state index in [0.29, 0.717) is 0 Å². The number of rotatable bonds is 3. The average molecular weight is 301 g/mol. The molecule has 1 aromatic carbocycles. The molecule has 0 N–H and O–H groups in total. The number of benzene rings is 1. The van der Waals surface area contributed by atoms with Crippen LogP contribution in [0, 0.1) is 6.92 Å². The van der Waals surface area contributed by atoms with Crippen molar-refractivity contribution >= 4 is 39.2 Å². The van der Waals surface area contributed by atoms with E-state index in [4.69, 9.17) is 0 Å². The van der Waals surface area contributed by atoms with Crippen LogP contribution >= 0.6 is 39.2 Å². The summed E-state index contributed by atoms with van der Waals surface area (Å²) in [6.07, 6.45) is 0. The smallest absolute Gasteiger partial charge is 0.170 e. The lowest BCUT2D eigenvalue weighted by molar-refractivity contribution is 1.10. The molecule has 78 valence electrons. The third-order valence-electron chi connectivity index (χ3n) is 1.82. The van der Waals surface area contributed by atoms with Crippen molar-refractivity contribution in [2.24, 2.45) is 0 Å². The number of halogens is 1. The molecule has 0 fully saturated rings. The maximum absolute atomic E-state index is 4.31. The van der Waals surface area contributed by atoms with Gasteiger partial charge in [-0.1, -0.05) is 45.9 Å². The molecule has 1 aromatic heterocycles. The van der Waals surface area contributed by atoms with Crippen molar-refractivity contribution in [1.29, 1.82) is 0 Å². The second-order valence-corrected chi connectivity index (χ2v) is 5.82. The lowest BCUT2D eigenvalue weighted by Gasteiger charge is -2.00. The van der Waals surface area contributed by atoms with Crippen LogP contribution in [0.5, 0.6) is 0 Å². The molecule has 2 nitrogen and oxygen atoms in total. The third kappa shape index (κ3) is 3.03. The first-order valence-electron chi connectivity index (χ1n) is 4.42. The summed E-state index contributed by atoms with van der Waals surface area (Å²) < 4.78 is 6.33. The van der Waals surface area contributed by atoms with Crippen LogP contribution in [0.1, 0.15) is 11.4 Å². The molecule has 2 rings (SSSR count). The van der Waals surface area contributed by atoms with E-state index in [9.17, 15) is 0 Å². The van der Waals surface area contributed by atoms with Crippen molar-refractivity contribution in [3.05, 3.63) is 40.1 Å². The first kappa shape index (κ1) is 11.1. The monoisotopic (exact) mass is 300 g/mol. The van der Waals surface area contributed by atoms with Gasteiger partial charge in [-0.2, -0.15) is 4.37 Å². The molecule has 0 aliphatic rings. The van der Waals surface area contributed by atoms with Gasteiger partial charge in [0.15, 0.2) is 4.34 Å². The Labute approximate surface area is 105 Å². The normalized spacial score (nSPS) is 10.5. The summed E-state index contributed by atoms with van der Waals surface area (Å²) in [5.74, 6) is 1.78. The molecule has 0 amide bonds. The van der Waals surface area contributed by atoms with E-state index < -0.39 is 0 Å². The highest BCUT2D eigenvalue weighted by Gasteiger charge is 2.03. The van der Waals surface area contributed by atoms with Crippen LogP contribution < -0.4 is 0 Å². The molecule has 0 saturated heterocycles. The number of thioether (sulfide) groups is 1. The van der Waals surface area contributed by atoms with Crippen molar-refractivity contribution in [3.8, 4) is 0 Å². The summed E-state index contributed by atoms with van der Waals surface area (Å²) in [6, 6.07) is 8.24. The molecule has 15 heavy (non-hydrogen) atoms. The van der Waals surface area contributed by atoms with Crippen LogP contribution in [-0.2, 0) is 5.75 Å². The molecule has 0 spiro atoms. The van der Waals surface area contributed by atoms with Gasteiger partial charge in [-0.3, -0.25) is 0 Å². The Bertz CT molecular complexity index is 456. The molecule has 0 aliphatic carbocycles. The van der Waals surface area contributed by atoms with Gasteiger partial charge in [-0.25, -0.2) is 4.98 Å². The highest BCUT2D eigenvalue weighted by Crippen LogP contribution is 2.27. The van der Waals surface area contributed by atoms with Gasteiger partial charge in [0.25, 0.3) is 0 Å². The molecule has 5 heteroatoms. The summed E-state index contributed by atoms with van der Waals surface area (Å²) in [5, 5.41) is 0. The quantitative estimate of drug-likeness (QED) is 0.804. The zero-order valence-electron chi connectivity index (χ0n) is 8.11. The summed E-state index contributed by atoms with van der Waals surface area (Å²) >= 11 is 6.71.